The topological polar surface area (TPSA) is 50.9 Å². The molecule has 0 saturated heterocycles. The summed E-state index contributed by atoms with van der Waals surface area (Å²) in [5, 5.41) is 3.75. The maximum Gasteiger partial charge on any atom is 0.134 e. The van der Waals surface area contributed by atoms with Crippen LogP contribution in [0.25, 0.3) is 0 Å². The molecule has 1 aliphatic rings. The molecule has 0 atom stereocenters. The van der Waals surface area contributed by atoms with Gasteiger partial charge in [0.1, 0.15) is 11.0 Å². The summed E-state index contributed by atoms with van der Waals surface area (Å²) in [7, 11) is 0. The van der Waals surface area contributed by atoms with Gasteiger partial charge in [-0.2, -0.15) is 0 Å². The Morgan fingerprint density at radius 3 is 2.84 bits per heavy atom. The number of hydrogen-bond donors (Lipinski definition) is 2. The zero-order valence-corrected chi connectivity index (χ0v) is 11.4. The van der Waals surface area contributed by atoms with Gasteiger partial charge in [-0.05, 0) is 48.9 Å². The van der Waals surface area contributed by atoms with Gasteiger partial charge in [0.05, 0.1) is 0 Å². The minimum absolute atomic E-state index is 0.410. The number of nitrogens with zero attached hydrogens (tertiary/aromatic N) is 1. The van der Waals surface area contributed by atoms with E-state index in [0.29, 0.717) is 16.7 Å². The van der Waals surface area contributed by atoms with E-state index in [9.17, 15) is 0 Å². The van der Waals surface area contributed by atoms with Crippen LogP contribution < -0.4 is 11.1 Å². The van der Waals surface area contributed by atoms with Gasteiger partial charge in [-0.1, -0.05) is 23.7 Å². The van der Waals surface area contributed by atoms with Crippen LogP contribution >= 0.6 is 11.6 Å². The lowest BCUT2D eigenvalue weighted by atomic mass is 9.90. The predicted octanol–water partition coefficient (Wildman–Crippen LogP) is 3.94. The largest absolute Gasteiger partial charge is 0.399 e. The van der Waals surface area contributed by atoms with Crippen LogP contribution in [0.15, 0.2) is 30.3 Å². The number of aromatic nitrogens is 1. The molecule has 3 nitrogen and oxygen atoms in total. The lowest BCUT2D eigenvalue weighted by Gasteiger charge is -2.20. The summed E-state index contributed by atoms with van der Waals surface area (Å²) in [6, 6.07) is 9.82. The summed E-state index contributed by atoms with van der Waals surface area (Å²) < 4.78 is 0. The number of aryl methyl sites for hydroxylation is 1. The molecule has 1 heterocycles. The SMILES string of the molecule is Nc1cc(Cl)nc(Nc2cccc3c2CCCC3)c1. The Bertz CT molecular complexity index is 590. The van der Waals surface area contributed by atoms with Gasteiger partial charge in [-0.25, -0.2) is 4.98 Å². The first-order valence-corrected chi connectivity index (χ1v) is 6.91. The molecule has 3 N–H and O–H groups in total. The Hall–Kier alpha value is -1.74. The molecular formula is C15H16ClN3. The molecule has 3 rings (SSSR count). The van der Waals surface area contributed by atoms with E-state index in [1.807, 2.05) is 0 Å². The molecule has 0 spiro atoms. The van der Waals surface area contributed by atoms with E-state index in [1.54, 1.807) is 12.1 Å². The predicted molar refractivity (Wildman–Crippen MR) is 80.0 cm³/mol. The molecule has 1 aliphatic carbocycles. The molecule has 0 amide bonds. The molecule has 0 aliphatic heterocycles. The highest BCUT2D eigenvalue weighted by atomic mass is 35.5. The fourth-order valence-corrected chi connectivity index (χ4v) is 2.83. The first kappa shape index (κ1) is 12.3. The Kier molecular flexibility index (Phi) is 3.30. The highest BCUT2D eigenvalue weighted by Gasteiger charge is 2.13. The number of fused-ring (bicyclic) bond motifs is 1. The van der Waals surface area contributed by atoms with Crippen molar-refractivity contribution in [1.29, 1.82) is 0 Å². The molecule has 0 bridgehead atoms. The number of halogens is 1. The maximum atomic E-state index is 5.93. The first-order chi connectivity index (χ1) is 9.22. The van der Waals surface area contributed by atoms with Crippen molar-refractivity contribution in [2.45, 2.75) is 25.7 Å². The summed E-state index contributed by atoms with van der Waals surface area (Å²) in [4.78, 5) is 4.25. The Morgan fingerprint density at radius 2 is 2.00 bits per heavy atom. The highest BCUT2D eigenvalue weighted by molar-refractivity contribution is 6.29. The third-order valence-corrected chi connectivity index (χ3v) is 3.67. The number of nitrogen functional groups attached to an aromatic ring is 1. The van der Waals surface area contributed by atoms with E-state index < -0.39 is 0 Å². The second-order valence-corrected chi connectivity index (χ2v) is 5.27. The summed E-state index contributed by atoms with van der Waals surface area (Å²) in [5.41, 5.74) is 10.4. The number of nitrogens with one attached hydrogen (secondary N) is 1. The monoisotopic (exact) mass is 273 g/mol. The van der Waals surface area contributed by atoms with Crippen molar-refractivity contribution in [1.82, 2.24) is 4.98 Å². The molecule has 2 aromatic rings. The minimum Gasteiger partial charge on any atom is -0.399 e. The van der Waals surface area contributed by atoms with Crippen LogP contribution in [0.1, 0.15) is 24.0 Å². The van der Waals surface area contributed by atoms with E-state index in [2.05, 4.69) is 28.5 Å². The highest BCUT2D eigenvalue weighted by Crippen LogP contribution is 2.30. The van der Waals surface area contributed by atoms with Crippen LogP contribution in [-0.2, 0) is 12.8 Å². The fourth-order valence-electron chi connectivity index (χ4n) is 2.62. The molecule has 0 radical (unpaired) electrons. The second kappa shape index (κ2) is 5.10. The van der Waals surface area contributed by atoms with Crippen LogP contribution in [0.4, 0.5) is 17.2 Å². The van der Waals surface area contributed by atoms with E-state index in [4.69, 9.17) is 17.3 Å². The van der Waals surface area contributed by atoms with Crippen LogP contribution in [0.5, 0.6) is 0 Å². The van der Waals surface area contributed by atoms with Gasteiger partial charge in [0.25, 0.3) is 0 Å². The lowest BCUT2D eigenvalue weighted by Crippen LogP contribution is -2.06. The number of anilines is 3. The summed E-state index contributed by atoms with van der Waals surface area (Å²) in [6.45, 7) is 0. The normalized spacial score (nSPS) is 13.9. The number of pyridine rings is 1. The molecular weight excluding hydrogens is 258 g/mol. The van der Waals surface area contributed by atoms with Gasteiger partial charge in [-0.15, -0.1) is 0 Å². The molecule has 0 saturated carbocycles. The van der Waals surface area contributed by atoms with Crippen LogP contribution in [-0.4, -0.2) is 4.98 Å². The van der Waals surface area contributed by atoms with Crippen molar-refractivity contribution >= 4 is 28.8 Å². The molecule has 0 unspecified atom stereocenters. The third kappa shape index (κ3) is 2.66. The average Bonchev–Trinajstić information content (AvgIpc) is 2.38. The Balaban J connectivity index is 1.95. The Morgan fingerprint density at radius 1 is 1.16 bits per heavy atom. The van der Waals surface area contributed by atoms with Crippen molar-refractivity contribution in [3.63, 3.8) is 0 Å². The van der Waals surface area contributed by atoms with Gasteiger partial charge in [-0.3, -0.25) is 0 Å². The first-order valence-electron chi connectivity index (χ1n) is 6.53. The standard InChI is InChI=1S/C15H16ClN3/c16-14-8-11(17)9-15(19-14)18-13-7-3-5-10-4-1-2-6-12(10)13/h3,5,7-9H,1-2,4,6H2,(H3,17,18,19). The van der Waals surface area contributed by atoms with Crippen molar-refractivity contribution in [3.8, 4) is 0 Å². The van der Waals surface area contributed by atoms with Gasteiger partial charge >= 0.3 is 0 Å². The molecule has 1 aromatic carbocycles. The quantitative estimate of drug-likeness (QED) is 0.815. The summed E-state index contributed by atoms with van der Waals surface area (Å²) >= 11 is 5.93. The van der Waals surface area contributed by atoms with E-state index in [-0.39, 0.29) is 0 Å². The zero-order valence-electron chi connectivity index (χ0n) is 10.6. The fraction of sp³-hybridized carbons (Fsp3) is 0.267. The summed E-state index contributed by atoms with van der Waals surface area (Å²) in [6.07, 6.45) is 4.81. The van der Waals surface area contributed by atoms with Crippen molar-refractivity contribution < 1.29 is 0 Å². The van der Waals surface area contributed by atoms with Crippen molar-refractivity contribution in [3.05, 3.63) is 46.6 Å². The summed E-state index contributed by atoms with van der Waals surface area (Å²) in [5.74, 6) is 0.698. The molecule has 19 heavy (non-hydrogen) atoms. The molecule has 0 fully saturated rings. The van der Waals surface area contributed by atoms with Gasteiger partial charge in [0.2, 0.25) is 0 Å². The van der Waals surface area contributed by atoms with Crippen LogP contribution in [0.3, 0.4) is 0 Å². The number of benzene rings is 1. The number of nitrogens with two attached hydrogens (primary N) is 1. The number of rotatable bonds is 2. The van der Waals surface area contributed by atoms with E-state index in [0.717, 1.165) is 18.5 Å². The molecule has 98 valence electrons. The molecule has 4 heteroatoms. The second-order valence-electron chi connectivity index (χ2n) is 4.88. The average molecular weight is 274 g/mol. The van der Waals surface area contributed by atoms with Crippen LogP contribution in [0, 0.1) is 0 Å². The van der Waals surface area contributed by atoms with Crippen LogP contribution in [0.2, 0.25) is 5.15 Å². The Labute approximate surface area is 117 Å². The van der Waals surface area contributed by atoms with Gasteiger partial charge in [0.15, 0.2) is 0 Å². The zero-order chi connectivity index (χ0) is 13.2. The molecule has 1 aromatic heterocycles. The lowest BCUT2D eigenvalue weighted by molar-refractivity contribution is 0.687. The van der Waals surface area contributed by atoms with E-state index in [1.165, 1.54) is 24.0 Å². The minimum atomic E-state index is 0.410. The maximum absolute atomic E-state index is 5.93. The van der Waals surface area contributed by atoms with Gasteiger partial charge < -0.3 is 11.1 Å². The van der Waals surface area contributed by atoms with Gasteiger partial charge in [0, 0.05) is 17.4 Å². The smallest absolute Gasteiger partial charge is 0.134 e. The van der Waals surface area contributed by atoms with Crippen molar-refractivity contribution in [2.24, 2.45) is 0 Å². The third-order valence-electron chi connectivity index (χ3n) is 3.48. The van der Waals surface area contributed by atoms with E-state index >= 15 is 0 Å². The number of hydrogen-bond acceptors (Lipinski definition) is 3. The van der Waals surface area contributed by atoms with Crippen molar-refractivity contribution in [2.75, 3.05) is 11.1 Å².